The normalized spacial score (nSPS) is 17.7. The van der Waals surface area contributed by atoms with Gasteiger partial charge >= 0.3 is 5.69 Å². The number of nitrogens with zero attached hydrogens (tertiary/aromatic N) is 4. The first-order chi connectivity index (χ1) is 12.2. The van der Waals surface area contributed by atoms with Crippen molar-refractivity contribution in [1.29, 1.82) is 5.26 Å². The molecule has 1 aliphatic rings. The fourth-order valence-electron chi connectivity index (χ4n) is 3.16. The predicted octanol–water partition coefficient (Wildman–Crippen LogP) is 2.27. The lowest BCUT2D eigenvalue weighted by molar-refractivity contribution is 0.439. The minimum atomic E-state index is -0.778. The topological polar surface area (TPSA) is 71.0 Å². The van der Waals surface area contributed by atoms with Gasteiger partial charge in [0.1, 0.15) is 11.6 Å². The van der Waals surface area contributed by atoms with Gasteiger partial charge in [0.05, 0.1) is 12.6 Å². The van der Waals surface area contributed by atoms with Crippen LogP contribution in [0.3, 0.4) is 0 Å². The number of halogens is 1. The molecule has 0 aromatic carbocycles. The van der Waals surface area contributed by atoms with E-state index >= 15 is 0 Å². The molecule has 1 saturated heterocycles. The number of anilines is 1. The molecule has 2 heterocycles. The molecule has 0 saturated carbocycles. The molecule has 1 atom stereocenters. The van der Waals surface area contributed by atoms with Crippen LogP contribution in [0.4, 0.5) is 10.2 Å². The number of nitriles is 1. The maximum atomic E-state index is 13.2. The van der Waals surface area contributed by atoms with Crippen LogP contribution < -0.4 is 16.1 Å². The second kappa shape index (κ2) is 8.00. The van der Waals surface area contributed by atoms with E-state index in [1.165, 1.54) is 10.6 Å². The molecule has 6 nitrogen and oxygen atoms in total. The zero-order valence-corrected chi connectivity index (χ0v) is 15.2. The van der Waals surface area contributed by atoms with Crippen LogP contribution in [-0.4, -0.2) is 22.2 Å². The third kappa shape index (κ3) is 4.20. The van der Waals surface area contributed by atoms with Crippen molar-refractivity contribution < 1.29 is 4.39 Å². The minimum Gasteiger partial charge on any atom is -0.357 e. The van der Waals surface area contributed by atoms with E-state index < -0.39 is 17.1 Å². The minimum absolute atomic E-state index is 0.0216. The molecule has 1 aliphatic heterocycles. The molecule has 0 N–H and O–H groups in total. The Hall–Kier alpha value is -2.88. The molecule has 2 rings (SSSR count). The summed E-state index contributed by atoms with van der Waals surface area (Å²) >= 11 is 0. The second-order valence-corrected chi connectivity index (χ2v) is 6.67. The first-order valence-electron chi connectivity index (χ1n) is 8.44. The van der Waals surface area contributed by atoms with Gasteiger partial charge in [-0.2, -0.15) is 5.26 Å². The average Bonchev–Trinajstić information content (AvgIpc) is 2.59. The van der Waals surface area contributed by atoms with Crippen molar-refractivity contribution in [2.24, 2.45) is 13.0 Å². The van der Waals surface area contributed by atoms with E-state index in [2.05, 4.69) is 20.1 Å². The molecule has 0 aliphatic carbocycles. The molecule has 0 spiro atoms. The van der Waals surface area contributed by atoms with Crippen LogP contribution in [0, 0.1) is 17.2 Å². The summed E-state index contributed by atoms with van der Waals surface area (Å²) in [4.78, 5) is 27.3. The molecule has 7 heteroatoms. The highest BCUT2D eigenvalue weighted by Crippen LogP contribution is 2.20. The maximum Gasteiger partial charge on any atom is 0.332 e. The maximum absolute atomic E-state index is 13.2. The third-order valence-electron chi connectivity index (χ3n) is 4.54. The highest BCUT2D eigenvalue weighted by molar-refractivity contribution is 5.43. The van der Waals surface area contributed by atoms with Gasteiger partial charge in [0.25, 0.3) is 5.56 Å². The smallest absolute Gasteiger partial charge is 0.332 e. The zero-order valence-electron chi connectivity index (χ0n) is 15.2. The standard InChI is InChI=1S/C19H23FN4O2/c1-13-6-5-7-23(11-13)17-9-18(25)24(19(26)22(17)4)12-16(8-15(3)20)14(2)10-21/h8-9,13H,2-3,5-7,11-12H2,1,4H3/b16-8-. The molecule has 1 aromatic rings. The lowest BCUT2D eigenvalue weighted by atomic mass is 10.0. The summed E-state index contributed by atoms with van der Waals surface area (Å²) in [5, 5.41) is 9.01. The van der Waals surface area contributed by atoms with Crippen molar-refractivity contribution in [2.75, 3.05) is 18.0 Å². The van der Waals surface area contributed by atoms with Crippen LogP contribution in [0.5, 0.6) is 0 Å². The van der Waals surface area contributed by atoms with E-state index in [-0.39, 0.29) is 17.7 Å². The first-order valence-corrected chi connectivity index (χ1v) is 8.44. The number of piperidine rings is 1. The van der Waals surface area contributed by atoms with Gasteiger partial charge in [0.15, 0.2) is 0 Å². The molecular weight excluding hydrogens is 335 g/mol. The fourth-order valence-corrected chi connectivity index (χ4v) is 3.16. The van der Waals surface area contributed by atoms with Crippen LogP contribution in [0.2, 0.25) is 0 Å². The molecule has 0 amide bonds. The van der Waals surface area contributed by atoms with E-state index in [0.717, 1.165) is 36.6 Å². The Morgan fingerprint density at radius 2 is 2.15 bits per heavy atom. The predicted molar refractivity (Wildman–Crippen MR) is 99.6 cm³/mol. The van der Waals surface area contributed by atoms with E-state index in [1.54, 1.807) is 7.05 Å². The Morgan fingerprint density at radius 1 is 1.46 bits per heavy atom. The molecular formula is C19H23FN4O2. The summed E-state index contributed by atoms with van der Waals surface area (Å²) in [5.74, 6) is 0.285. The number of hydrogen-bond donors (Lipinski definition) is 0. The SMILES string of the molecule is C=C(F)/C=C(/Cn1c(=O)cc(N2CCCC(C)C2)n(C)c1=O)C(=C)C#N. The molecule has 1 fully saturated rings. The molecule has 0 bridgehead atoms. The number of hydrogen-bond acceptors (Lipinski definition) is 4. The average molecular weight is 358 g/mol. The van der Waals surface area contributed by atoms with Gasteiger partial charge in [-0.15, -0.1) is 0 Å². The van der Waals surface area contributed by atoms with E-state index in [9.17, 15) is 14.0 Å². The summed E-state index contributed by atoms with van der Waals surface area (Å²) < 4.78 is 15.6. The van der Waals surface area contributed by atoms with Crippen LogP contribution in [0.25, 0.3) is 0 Å². The van der Waals surface area contributed by atoms with Crippen LogP contribution >= 0.6 is 0 Å². The van der Waals surface area contributed by atoms with E-state index in [1.807, 2.05) is 11.0 Å². The first kappa shape index (κ1) is 19.4. The summed E-state index contributed by atoms with van der Waals surface area (Å²) in [7, 11) is 1.60. The van der Waals surface area contributed by atoms with Crippen molar-refractivity contribution >= 4 is 5.82 Å². The van der Waals surface area contributed by atoms with Crippen molar-refractivity contribution in [3.63, 3.8) is 0 Å². The van der Waals surface area contributed by atoms with Gasteiger partial charge in [0, 0.05) is 31.8 Å². The summed E-state index contributed by atoms with van der Waals surface area (Å²) in [6.45, 7) is 10.1. The van der Waals surface area contributed by atoms with Crippen molar-refractivity contribution in [1.82, 2.24) is 9.13 Å². The quantitative estimate of drug-likeness (QED) is 0.598. The summed E-state index contributed by atoms with van der Waals surface area (Å²) in [6, 6.07) is 3.22. The van der Waals surface area contributed by atoms with Crippen LogP contribution in [-0.2, 0) is 13.6 Å². The van der Waals surface area contributed by atoms with Gasteiger partial charge < -0.3 is 4.90 Å². The Kier molecular flexibility index (Phi) is 5.98. The lowest BCUT2D eigenvalue weighted by Gasteiger charge is -2.33. The zero-order chi connectivity index (χ0) is 19.4. The second-order valence-electron chi connectivity index (χ2n) is 6.67. The lowest BCUT2D eigenvalue weighted by Crippen LogP contribution is -2.44. The van der Waals surface area contributed by atoms with Crippen molar-refractivity contribution in [3.05, 3.63) is 63.1 Å². The van der Waals surface area contributed by atoms with Crippen molar-refractivity contribution in [3.8, 4) is 6.07 Å². The molecule has 138 valence electrons. The molecule has 0 radical (unpaired) electrons. The summed E-state index contributed by atoms with van der Waals surface area (Å²) in [5.41, 5.74) is -0.903. The number of aromatic nitrogens is 2. The largest absolute Gasteiger partial charge is 0.357 e. The van der Waals surface area contributed by atoms with E-state index in [4.69, 9.17) is 5.26 Å². The third-order valence-corrected chi connectivity index (χ3v) is 4.54. The molecule has 1 unspecified atom stereocenters. The Balaban J connectivity index is 2.46. The number of allylic oxidation sites excluding steroid dienone is 4. The van der Waals surface area contributed by atoms with E-state index in [0.29, 0.717) is 11.7 Å². The Morgan fingerprint density at radius 3 is 2.73 bits per heavy atom. The van der Waals surface area contributed by atoms with Gasteiger partial charge in [0.2, 0.25) is 0 Å². The Bertz CT molecular complexity index is 917. The van der Waals surface area contributed by atoms with Gasteiger partial charge in [-0.05, 0) is 30.4 Å². The van der Waals surface area contributed by atoms with Crippen LogP contribution in [0.15, 0.2) is 51.9 Å². The highest BCUT2D eigenvalue weighted by Gasteiger charge is 2.21. The highest BCUT2D eigenvalue weighted by atomic mass is 19.1. The van der Waals surface area contributed by atoms with Crippen molar-refractivity contribution in [2.45, 2.75) is 26.3 Å². The van der Waals surface area contributed by atoms with Gasteiger partial charge in [-0.25, -0.2) is 9.18 Å². The molecule has 26 heavy (non-hydrogen) atoms. The summed E-state index contributed by atoms with van der Waals surface area (Å²) in [6.07, 6.45) is 3.14. The fraction of sp³-hybridized carbons (Fsp3) is 0.421. The molecule has 1 aromatic heterocycles. The van der Waals surface area contributed by atoms with Gasteiger partial charge in [-0.3, -0.25) is 13.9 Å². The Labute approximate surface area is 151 Å². The monoisotopic (exact) mass is 358 g/mol. The van der Waals surface area contributed by atoms with Gasteiger partial charge in [-0.1, -0.05) is 20.1 Å². The number of rotatable bonds is 5. The van der Waals surface area contributed by atoms with Crippen LogP contribution in [0.1, 0.15) is 19.8 Å².